The Morgan fingerprint density at radius 3 is 1.70 bits per heavy atom. The molecule has 0 fully saturated rings. The molecule has 4 heteroatoms. The molecule has 10 aromatic carbocycles. The van der Waals surface area contributed by atoms with Gasteiger partial charge >= 0.3 is 0 Å². The molecule has 0 saturated carbocycles. The molecule has 0 unspecified atom stereocenters. The van der Waals surface area contributed by atoms with Crippen LogP contribution in [0.1, 0.15) is 42.1 Å². The Kier molecular flexibility index (Phi) is 9.53. The fraction of sp³-hybridized carbons (Fsp3) is 0.0645. The summed E-state index contributed by atoms with van der Waals surface area (Å²) in [6.07, 6.45) is 0. The van der Waals surface area contributed by atoms with E-state index in [0.717, 1.165) is 61.5 Å². The lowest BCUT2D eigenvalue weighted by molar-refractivity contribution is 0.660. The molecule has 1 heterocycles. The third kappa shape index (κ3) is 6.61. The molecule has 0 spiro atoms. The molecule has 0 aliphatic heterocycles. The largest absolute Gasteiger partial charge is 0.310 e. The molecule has 0 atom stereocenters. The Bertz CT molecular complexity index is 3570. The molecule has 1 aliphatic rings. The van der Waals surface area contributed by atoms with E-state index in [4.69, 9.17) is 10.2 Å². The van der Waals surface area contributed by atoms with Crippen LogP contribution in [0, 0.1) is 0 Å². The van der Waals surface area contributed by atoms with E-state index in [-0.39, 0.29) is 11.5 Å². The van der Waals surface area contributed by atoms with Crippen molar-refractivity contribution in [2.24, 2.45) is 10.2 Å². The first-order valence-corrected chi connectivity index (χ1v) is 22.8. The minimum Gasteiger partial charge on any atom is -0.310 e. The lowest BCUT2D eigenvalue weighted by Crippen LogP contribution is -2.16. The van der Waals surface area contributed by atoms with Gasteiger partial charge in [-0.1, -0.05) is 184 Å². The van der Waals surface area contributed by atoms with Crippen molar-refractivity contribution in [1.29, 1.82) is 0 Å². The van der Waals surface area contributed by atoms with Gasteiger partial charge in [-0.2, -0.15) is 10.2 Å². The smallest absolute Gasteiger partial charge is 0.121 e. The Balaban J connectivity index is 0.966. The molecule has 12 rings (SSSR count). The lowest BCUT2D eigenvalue weighted by Gasteiger charge is -2.28. The zero-order valence-corrected chi connectivity index (χ0v) is 36.9. The zero-order valence-electron chi connectivity index (χ0n) is 36.9. The van der Waals surface area contributed by atoms with Crippen molar-refractivity contribution in [2.45, 2.75) is 25.3 Å². The summed E-state index contributed by atoms with van der Waals surface area (Å²) in [5.74, 6) is 0. The van der Waals surface area contributed by atoms with Crippen molar-refractivity contribution >= 4 is 55.3 Å². The molecule has 314 valence electrons. The normalized spacial score (nSPS) is 12.9. The average molecular weight is 847 g/mol. The number of hydrogen-bond acceptors (Lipinski definition) is 3. The first-order valence-electron chi connectivity index (χ1n) is 22.8. The summed E-state index contributed by atoms with van der Waals surface area (Å²) in [6.45, 7) is 4.71. The SMILES string of the molecule is CC1(C)c2ccccc2-c2ccc(N(c3ccc(-c4ccc(N=NC(c5ccccc5)c5ccccc5)c5ccccc45)cc3)c3ccc4c(c3)c3ccccc3n4-c3ccccc3)cc21. The predicted octanol–water partition coefficient (Wildman–Crippen LogP) is 17.3. The third-order valence-corrected chi connectivity index (χ3v) is 13.6. The molecule has 0 bridgehead atoms. The van der Waals surface area contributed by atoms with Gasteiger partial charge in [0, 0.05) is 44.3 Å². The van der Waals surface area contributed by atoms with Gasteiger partial charge in [-0.05, 0) is 117 Å². The van der Waals surface area contributed by atoms with Gasteiger partial charge in [0.05, 0.1) is 16.7 Å². The summed E-state index contributed by atoms with van der Waals surface area (Å²) in [7, 11) is 0. The number of aromatic nitrogens is 1. The molecule has 1 aliphatic carbocycles. The van der Waals surface area contributed by atoms with E-state index < -0.39 is 0 Å². The van der Waals surface area contributed by atoms with Crippen molar-refractivity contribution in [3.63, 3.8) is 0 Å². The monoisotopic (exact) mass is 846 g/mol. The van der Waals surface area contributed by atoms with E-state index in [2.05, 4.69) is 248 Å². The number of fused-ring (bicyclic) bond motifs is 7. The lowest BCUT2D eigenvalue weighted by atomic mass is 9.82. The highest BCUT2D eigenvalue weighted by Crippen LogP contribution is 2.51. The van der Waals surface area contributed by atoms with Crippen LogP contribution in [0.5, 0.6) is 0 Å². The van der Waals surface area contributed by atoms with Gasteiger partial charge < -0.3 is 9.47 Å². The number of azo groups is 1. The van der Waals surface area contributed by atoms with E-state index in [9.17, 15) is 0 Å². The highest BCUT2D eigenvalue weighted by Gasteiger charge is 2.36. The maximum absolute atomic E-state index is 4.99. The molecule has 0 N–H and O–H groups in total. The van der Waals surface area contributed by atoms with Crippen LogP contribution in [0.15, 0.2) is 247 Å². The van der Waals surface area contributed by atoms with Crippen molar-refractivity contribution in [3.8, 4) is 27.9 Å². The van der Waals surface area contributed by atoms with E-state index >= 15 is 0 Å². The topological polar surface area (TPSA) is 32.9 Å². The Hall–Kier alpha value is -8.34. The second kappa shape index (κ2) is 16.0. The van der Waals surface area contributed by atoms with E-state index in [1.807, 2.05) is 12.1 Å². The first kappa shape index (κ1) is 39.3. The van der Waals surface area contributed by atoms with E-state index in [1.165, 1.54) is 44.1 Å². The van der Waals surface area contributed by atoms with Crippen molar-refractivity contribution in [3.05, 3.63) is 259 Å². The maximum atomic E-state index is 4.99. The average Bonchev–Trinajstić information content (AvgIpc) is 3.83. The summed E-state index contributed by atoms with van der Waals surface area (Å²) < 4.78 is 2.38. The summed E-state index contributed by atoms with van der Waals surface area (Å²) in [4.78, 5) is 2.43. The molecule has 0 saturated heterocycles. The second-order valence-electron chi connectivity index (χ2n) is 17.8. The molecule has 4 nitrogen and oxygen atoms in total. The summed E-state index contributed by atoms with van der Waals surface area (Å²) in [5.41, 5.74) is 17.4. The van der Waals surface area contributed by atoms with Crippen molar-refractivity contribution in [1.82, 2.24) is 4.57 Å². The summed E-state index contributed by atoms with van der Waals surface area (Å²) >= 11 is 0. The van der Waals surface area contributed by atoms with Gasteiger partial charge in [-0.15, -0.1) is 0 Å². The van der Waals surface area contributed by atoms with Crippen LogP contribution in [0.4, 0.5) is 22.7 Å². The molecule has 11 aromatic rings. The molecule has 0 amide bonds. The van der Waals surface area contributed by atoms with Crippen LogP contribution in [0.25, 0.3) is 60.5 Å². The standard InChI is InChI=1S/C62H46N4/c1-62(2)56-28-16-14-25-51(56)52-36-34-48(41-57(52)62)65(47-35-39-60-55(40-47)54-27-15-17-29-59(54)66(60)45-22-10-5-11-23-45)46-32-30-42(31-33-46)49-37-38-58(53-26-13-12-24-50(49)53)63-64-61(43-18-6-3-7-19-43)44-20-8-4-9-21-44/h3-41,61H,1-2H3. The highest BCUT2D eigenvalue weighted by molar-refractivity contribution is 6.11. The van der Waals surface area contributed by atoms with Crippen LogP contribution in [-0.2, 0) is 5.41 Å². The molecule has 0 radical (unpaired) electrons. The van der Waals surface area contributed by atoms with Crippen LogP contribution in [-0.4, -0.2) is 4.57 Å². The number of anilines is 3. The first-order chi connectivity index (χ1) is 32.5. The molecule has 1 aromatic heterocycles. The van der Waals surface area contributed by atoms with Gasteiger partial charge in [0.15, 0.2) is 0 Å². The fourth-order valence-corrected chi connectivity index (χ4v) is 10.4. The molecule has 66 heavy (non-hydrogen) atoms. The molecular formula is C62H46N4. The van der Waals surface area contributed by atoms with Crippen LogP contribution >= 0.6 is 0 Å². The summed E-state index contributed by atoms with van der Waals surface area (Å²) in [5, 5.41) is 14.6. The van der Waals surface area contributed by atoms with Gasteiger partial charge in [-0.25, -0.2) is 0 Å². The summed E-state index contributed by atoms with van der Waals surface area (Å²) in [6, 6.07) is 84.8. The number of para-hydroxylation sites is 2. The van der Waals surface area contributed by atoms with Crippen LogP contribution in [0.2, 0.25) is 0 Å². The highest BCUT2D eigenvalue weighted by atomic mass is 15.1. The van der Waals surface area contributed by atoms with Gasteiger partial charge in [0.25, 0.3) is 0 Å². The number of benzene rings is 10. The zero-order chi connectivity index (χ0) is 44.2. The minimum atomic E-state index is -0.211. The fourth-order valence-electron chi connectivity index (χ4n) is 10.4. The second-order valence-corrected chi connectivity index (χ2v) is 17.8. The maximum Gasteiger partial charge on any atom is 0.121 e. The number of nitrogens with zero attached hydrogens (tertiary/aromatic N) is 4. The van der Waals surface area contributed by atoms with E-state index in [0.29, 0.717) is 0 Å². The number of hydrogen-bond donors (Lipinski definition) is 0. The quantitative estimate of drug-likeness (QED) is 0.133. The van der Waals surface area contributed by atoms with Gasteiger partial charge in [0.2, 0.25) is 0 Å². The van der Waals surface area contributed by atoms with Gasteiger partial charge in [0.1, 0.15) is 6.04 Å². The van der Waals surface area contributed by atoms with Gasteiger partial charge in [-0.3, -0.25) is 0 Å². The van der Waals surface area contributed by atoms with Crippen LogP contribution in [0.3, 0.4) is 0 Å². The minimum absolute atomic E-state index is 0.138. The predicted molar refractivity (Wildman–Crippen MR) is 275 cm³/mol. The molecular weight excluding hydrogens is 801 g/mol. The third-order valence-electron chi connectivity index (χ3n) is 13.6. The van der Waals surface area contributed by atoms with Crippen LogP contribution < -0.4 is 4.90 Å². The van der Waals surface area contributed by atoms with Crippen molar-refractivity contribution in [2.75, 3.05) is 4.90 Å². The Morgan fingerprint density at radius 2 is 0.955 bits per heavy atom. The Morgan fingerprint density at radius 1 is 0.409 bits per heavy atom. The number of rotatable bonds is 9. The van der Waals surface area contributed by atoms with Crippen molar-refractivity contribution < 1.29 is 0 Å². The Labute approximate surface area is 385 Å². The van der Waals surface area contributed by atoms with E-state index in [1.54, 1.807) is 0 Å².